The van der Waals surface area contributed by atoms with Gasteiger partial charge in [-0.25, -0.2) is 0 Å². The van der Waals surface area contributed by atoms with Gasteiger partial charge in [-0.15, -0.1) is 0 Å². The van der Waals surface area contributed by atoms with Gasteiger partial charge in [0.15, 0.2) is 0 Å². The molecule has 0 unspecified atom stereocenters. The summed E-state index contributed by atoms with van der Waals surface area (Å²) >= 11 is 0. The number of aromatic amines is 1. The molecule has 162 valence electrons. The number of nitriles is 2. The maximum Gasteiger partial charge on any atom is 0.267 e. The van der Waals surface area contributed by atoms with Crippen molar-refractivity contribution in [1.82, 2.24) is 4.98 Å². The fourth-order valence-electron chi connectivity index (χ4n) is 8.12. The summed E-state index contributed by atoms with van der Waals surface area (Å²) in [5, 5.41) is 28.9. The summed E-state index contributed by atoms with van der Waals surface area (Å²) < 4.78 is 0. The van der Waals surface area contributed by atoms with Crippen LogP contribution in [-0.2, 0) is 0 Å². The molecule has 5 nitrogen and oxygen atoms in total. The number of nitrogens with zero attached hydrogens (tertiary/aromatic N) is 2. The van der Waals surface area contributed by atoms with E-state index in [0.29, 0.717) is 17.8 Å². The Morgan fingerprint density at radius 2 is 1.90 bits per heavy atom. The SMILES string of the molecule is C[C@]12CC[C@H]3[C@@H](CC=C4C[C@@H](O)CC[C@@]43C)[C@@H]1CC[C@H]2c1cc(C#N)c(C#N)c(=O)[nH]1. The molecule has 0 amide bonds. The molecule has 4 aliphatic carbocycles. The number of hydrogen-bond donors (Lipinski definition) is 2. The van der Waals surface area contributed by atoms with Gasteiger partial charge in [0.2, 0.25) is 0 Å². The highest BCUT2D eigenvalue weighted by atomic mass is 16.3. The van der Waals surface area contributed by atoms with Gasteiger partial charge in [0.1, 0.15) is 17.7 Å². The zero-order chi connectivity index (χ0) is 22.0. The van der Waals surface area contributed by atoms with Crippen LogP contribution in [-0.4, -0.2) is 16.2 Å². The van der Waals surface area contributed by atoms with Crippen LogP contribution in [0.5, 0.6) is 0 Å². The van der Waals surface area contributed by atoms with E-state index in [2.05, 4.69) is 24.9 Å². The molecule has 31 heavy (non-hydrogen) atoms. The van der Waals surface area contributed by atoms with Crippen LogP contribution >= 0.6 is 0 Å². The Balaban J connectivity index is 1.49. The fraction of sp³-hybridized carbons (Fsp3) is 0.654. The van der Waals surface area contributed by atoms with Crippen LogP contribution in [0, 0.1) is 51.2 Å². The Hall–Kier alpha value is -2.37. The van der Waals surface area contributed by atoms with Gasteiger partial charge >= 0.3 is 0 Å². The van der Waals surface area contributed by atoms with E-state index >= 15 is 0 Å². The van der Waals surface area contributed by atoms with Crippen LogP contribution in [0.3, 0.4) is 0 Å². The summed E-state index contributed by atoms with van der Waals surface area (Å²) in [5.41, 5.74) is 2.33. The maximum atomic E-state index is 12.5. The molecule has 0 aromatic carbocycles. The zero-order valence-corrected chi connectivity index (χ0v) is 18.4. The quantitative estimate of drug-likeness (QED) is 0.656. The summed E-state index contributed by atoms with van der Waals surface area (Å²) in [5.74, 6) is 2.14. The van der Waals surface area contributed by atoms with Crippen molar-refractivity contribution in [2.24, 2.45) is 28.6 Å². The van der Waals surface area contributed by atoms with Gasteiger partial charge in [0.05, 0.1) is 11.7 Å². The van der Waals surface area contributed by atoms with Gasteiger partial charge in [-0.3, -0.25) is 4.79 Å². The highest BCUT2D eigenvalue weighted by molar-refractivity contribution is 5.45. The number of nitrogens with one attached hydrogen (secondary N) is 1. The number of aliphatic hydroxyl groups excluding tert-OH is 1. The Morgan fingerprint density at radius 3 is 2.65 bits per heavy atom. The molecule has 0 saturated heterocycles. The molecule has 2 N–H and O–H groups in total. The lowest BCUT2D eigenvalue weighted by atomic mass is 9.47. The van der Waals surface area contributed by atoms with E-state index in [9.17, 15) is 20.4 Å². The lowest BCUT2D eigenvalue weighted by Crippen LogP contribution is -2.50. The first-order valence-electron chi connectivity index (χ1n) is 11.8. The van der Waals surface area contributed by atoms with E-state index in [-0.39, 0.29) is 34.0 Å². The van der Waals surface area contributed by atoms with E-state index in [1.807, 2.05) is 12.1 Å². The van der Waals surface area contributed by atoms with Crippen molar-refractivity contribution in [3.05, 3.63) is 44.9 Å². The van der Waals surface area contributed by atoms with Crippen molar-refractivity contribution in [2.45, 2.75) is 77.2 Å². The van der Waals surface area contributed by atoms with Crippen molar-refractivity contribution < 1.29 is 5.11 Å². The highest BCUT2D eigenvalue weighted by Gasteiger charge is 2.58. The molecular formula is C26H31N3O2. The molecule has 4 aliphatic rings. The Bertz CT molecular complexity index is 1090. The predicted molar refractivity (Wildman–Crippen MR) is 117 cm³/mol. The Kier molecular flexibility index (Phi) is 4.68. The third kappa shape index (κ3) is 2.86. The van der Waals surface area contributed by atoms with Crippen molar-refractivity contribution in [3.63, 3.8) is 0 Å². The third-order valence-corrected chi connectivity index (χ3v) is 9.74. The van der Waals surface area contributed by atoms with Gasteiger partial charge in [-0.1, -0.05) is 25.5 Å². The van der Waals surface area contributed by atoms with E-state index in [1.54, 1.807) is 6.07 Å². The standard InChI is InChI=1S/C26H31N3O2/c1-25-9-7-17(30)12-16(25)3-4-18-20-5-6-22(26(20,2)10-8-21(18)25)23-11-15(13-27)19(14-28)24(31)29-23/h3,11,17-18,20-22,30H,4-10,12H2,1-2H3,(H,29,31)/t17-,18-,20-,21-,22-,25-,26-/m0/s1. The van der Waals surface area contributed by atoms with E-state index in [0.717, 1.165) is 50.6 Å². The summed E-state index contributed by atoms with van der Waals surface area (Å²) in [4.78, 5) is 15.4. The third-order valence-electron chi connectivity index (χ3n) is 9.74. The van der Waals surface area contributed by atoms with Crippen LogP contribution in [0.1, 0.15) is 88.0 Å². The summed E-state index contributed by atoms with van der Waals surface area (Å²) in [7, 11) is 0. The summed E-state index contributed by atoms with van der Waals surface area (Å²) in [6, 6.07) is 5.69. The minimum Gasteiger partial charge on any atom is -0.393 e. The number of hydrogen-bond acceptors (Lipinski definition) is 4. The molecule has 0 radical (unpaired) electrons. The summed E-state index contributed by atoms with van der Waals surface area (Å²) in [6.45, 7) is 4.83. The average molecular weight is 418 g/mol. The maximum absolute atomic E-state index is 12.5. The fourth-order valence-corrected chi connectivity index (χ4v) is 8.12. The molecule has 5 heteroatoms. The topological polar surface area (TPSA) is 101 Å². The molecule has 3 saturated carbocycles. The number of allylic oxidation sites excluding steroid dienone is 1. The molecule has 5 rings (SSSR count). The number of fused-ring (bicyclic) bond motifs is 5. The average Bonchev–Trinajstić information content (AvgIpc) is 3.10. The highest BCUT2D eigenvalue weighted by Crippen LogP contribution is 2.67. The van der Waals surface area contributed by atoms with Gasteiger partial charge in [-0.2, -0.15) is 10.5 Å². The van der Waals surface area contributed by atoms with Crippen molar-refractivity contribution in [2.75, 3.05) is 0 Å². The molecule has 1 aromatic heterocycles. The van der Waals surface area contributed by atoms with Crippen LogP contribution in [0.25, 0.3) is 0 Å². The van der Waals surface area contributed by atoms with Crippen LogP contribution in [0.2, 0.25) is 0 Å². The van der Waals surface area contributed by atoms with Gasteiger partial charge in [0, 0.05) is 11.6 Å². The first-order valence-corrected chi connectivity index (χ1v) is 11.8. The first kappa shape index (κ1) is 20.5. The normalized spacial score (nSPS) is 41.2. The van der Waals surface area contributed by atoms with Crippen LogP contribution in [0.15, 0.2) is 22.5 Å². The molecule has 0 bridgehead atoms. The van der Waals surface area contributed by atoms with Crippen molar-refractivity contribution >= 4 is 0 Å². The minimum atomic E-state index is -0.434. The minimum absolute atomic E-state index is 0.0768. The second kappa shape index (κ2) is 7.07. The van der Waals surface area contributed by atoms with Crippen LogP contribution in [0.4, 0.5) is 0 Å². The number of aliphatic hydroxyl groups is 1. The number of H-pyrrole nitrogens is 1. The first-order chi connectivity index (χ1) is 14.8. The molecular weight excluding hydrogens is 386 g/mol. The van der Waals surface area contributed by atoms with E-state index in [4.69, 9.17) is 0 Å². The predicted octanol–water partition coefficient (Wildman–Crippen LogP) is 4.53. The molecule has 0 spiro atoms. The van der Waals surface area contributed by atoms with Gasteiger partial charge < -0.3 is 10.1 Å². The monoisotopic (exact) mass is 417 g/mol. The van der Waals surface area contributed by atoms with E-state index in [1.165, 1.54) is 12.0 Å². The summed E-state index contributed by atoms with van der Waals surface area (Å²) in [6.07, 6.45) is 10.7. The lowest BCUT2D eigenvalue weighted by Gasteiger charge is -2.58. The lowest BCUT2D eigenvalue weighted by molar-refractivity contribution is -0.0412. The largest absolute Gasteiger partial charge is 0.393 e. The van der Waals surface area contributed by atoms with Crippen LogP contribution < -0.4 is 5.56 Å². The number of rotatable bonds is 1. The number of pyridine rings is 1. The second-order valence-electron chi connectivity index (χ2n) is 10.9. The van der Waals surface area contributed by atoms with Gasteiger partial charge in [0.25, 0.3) is 5.56 Å². The molecule has 7 atom stereocenters. The zero-order valence-electron chi connectivity index (χ0n) is 18.4. The smallest absolute Gasteiger partial charge is 0.267 e. The van der Waals surface area contributed by atoms with E-state index < -0.39 is 5.56 Å². The molecule has 0 aliphatic heterocycles. The Morgan fingerprint density at radius 1 is 1.10 bits per heavy atom. The number of aromatic nitrogens is 1. The van der Waals surface area contributed by atoms with Crippen molar-refractivity contribution in [1.29, 1.82) is 10.5 Å². The second-order valence-corrected chi connectivity index (χ2v) is 10.9. The molecule has 3 fully saturated rings. The molecule has 1 aromatic rings. The van der Waals surface area contributed by atoms with Gasteiger partial charge in [-0.05, 0) is 86.0 Å². The van der Waals surface area contributed by atoms with Crippen molar-refractivity contribution in [3.8, 4) is 12.1 Å². The Labute approximate surface area is 183 Å². The molecule has 1 heterocycles.